The van der Waals surface area contributed by atoms with E-state index in [0.29, 0.717) is 21.9 Å². The van der Waals surface area contributed by atoms with Crippen LogP contribution in [0.1, 0.15) is 26.3 Å². The molecule has 0 bridgehead atoms. The van der Waals surface area contributed by atoms with Crippen LogP contribution >= 0.6 is 11.6 Å². The number of halogens is 1. The van der Waals surface area contributed by atoms with Gasteiger partial charge in [-0.05, 0) is 74.4 Å². The van der Waals surface area contributed by atoms with Gasteiger partial charge in [0.05, 0.1) is 11.1 Å². The standard InChI is InChI=1S/C33H41ClN2O12/c1-4-35-18-6-8-21(19(34)13-18)44-10-9-15(2)29-27(41)28(42)33(48-29)47-22-7-5-17(12-20(22)37)11-16(3)32(43)36-23-24(38)26(40)31-30(25(23)39)45-14-46-31/h5-9,11-13,23-31,33,35,37-42H,4,10,14H2,1-3H3,(H,36,43)/b15-9+,16-11+/t23-,24+,25-,26-,27+,28+,29-,30+,31-,33-/m1/s1. The number of rotatable bonds is 11. The average Bonchev–Trinajstić information content (AvgIpc) is 3.66. The highest BCUT2D eigenvalue weighted by atomic mass is 35.5. The van der Waals surface area contributed by atoms with Crippen molar-refractivity contribution in [3.05, 3.63) is 64.2 Å². The van der Waals surface area contributed by atoms with Gasteiger partial charge < -0.3 is 65.0 Å². The van der Waals surface area contributed by atoms with Crippen LogP contribution in [0.2, 0.25) is 5.02 Å². The number of nitrogens with one attached hydrogen (secondary N) is 2. The largest absolute Gasteiger partial charge is 0.504 e. The SMILES string of the molecule is CCNc1ccc(OC/C=C(\C)[C@H]2O[C@@H](Oc3ccc(/C=C(\C)C(=O)N[C@@H]4[C@H](O)[C@@H](O)[C@H]5OCO[C@H]5[C@@H]4O)cc3O)[C@@H](O)[C@@H]2O)c(Cl)c1. The first-order valence-corrected chi connectivity index (χ1v) is 15.9. The number of phenols is 1. The molecule has 2 heterocycles. The van der Waals surface area contributed by atoms with Gasteiger partial charge in [0.2, 0.25) is 12.2 Å². The molecule has 0 aromatic heterocycles. The smallest absolute Gasteiger partial charge is 0.247 e. The number of aliphatic hydroxyl groups is 5. The van der Waals surface area contributed by atoms with Crippen molar-refractivity contribution in [2.75, 3.05) is 25.3 Å². The van der Waals surface area contributed by atoms with Gasteiger partial charge in [0, 0.05) is 17.8 Å². The van der Waals surface area contributed by atoms with Gasteiger partial charge in [-0.2, -0.15) is 0 Å². The molecule has 5 rings (SSSR count). The van der Waals surface area contributed by atoms with Gasteiger partial charge in [0.1, 0.15) is 68.0 Å². The lowest BCUT2D eigenvalue weighted by molar-refractivity contribution is -0.155. The summed E-state index contributed by atoms with van der Waals surface area (Å²) in [5.74, 6) is -0.517. The van der Waals surface area contributed by atoms with Crippen LogP contribution in [0.5, 0.6) is 17.2 Å². The van der Waals surface area contributed by atoms with Crippen LogP contribution in [0.25, 0.3) is 6.08 Å². The molecule has 2 aromatic carbocycles. The number of ether oxygens (including phenoxy) is 5. The van der Waals surface area contributed by atoms with Gasteiger partial charge in [-0.1, -0.05) is 17.7 Å². The molecule has 1 aliphatic carbocycles. The lowest BCUT2D eigenvalue weighted by Crippen LogP contribution is -2.67. The molecule has 1 amide bonds. The van der Waals surface area contributed by atoms with Crippen molar-refractivity contribution in [1.82, 2.24) is 5.32 Å². The van der Waals surface area contributed by atoms with Gasteiger partial charge in [-0.25, -0.2) is 0 Å². The van der Waals surface area contributed by atoms with E-state index in [-0.39, 0.29) is 30.5 Å². The molecule has 262 valence electrons. The first kappa shape index (κ1) is 35.9. The number of hydrogen-bond acceptors (Lipinski definition) is 13. The Morgan fingerprint density at radius 2 is 1.67 bits per heavy atom. The highest BCUT2D eigenvalue weighted by molar-refractivity contribution is 6.32. The van der Waals surface area contributed by atoms with E-state index >= 15 is 0 Å². The Morgan fingerprint density at radius 1 is 0.958 bits per heavy atom. The van der Waals surface area contributed by atoms with E-state index in [9.17, 15) is 35.4 Å². The summed E-state index contributed by atoms with van der Waals surface area (Å²) in [5.41, 5.74) is 2.03. The number of hydrogen-bond donors (Lipinski definition) is 8. The highest BCUT2D eigenvalue weighted by Gasteiger charge is 2.53. The number of anilines is 1. The van der Waals surface area contributed by atoms with Gasteiger partial charge in [-0.15, -0.1) is 0 Å². The number of phenolic OH excluding ortho intramolecular Hbond substituents is 1. The summed E-state index contributed by atoms with van der Waals surface area (Å²) in [5, 5.41) is 69.5. The predicted octanol–water partition coefficient (Wildman–Crippen LogP) is 1.05. The number of carbonyl (C=O) groups is 1. The zero-order valence-corrected chi connectivity index (χ0v) is 27.3. The van der Waals surface area contributed by atoms with E-state index in [1.165, 1.54) is 25.1 Å². The van der Waals surface area contributed by atoms with E-state index in [1.54, 1.807) is 31.2 Å². The Morgan fingerprint density at radius 3 is 2.35 bits per heavy atom. The minimum atomic E-state index is -1.50. The summed E-state index contributed by atoms with van der Waals surface area (Å²) < 4.78 is 27.8. The number of carbonyl (C=O) groups excluding carboxylic acids is 1. The van der Waals surface area contributed by atoms with E-state index < -0.39 is 67.1 Å². The van der Waals surface area contributed by atoms with Crippen molar-refractivity contribution in [2.45, 2.75) is 81.9 Å². The van der Waals surface area contributed by atoms with E-state index in [0.717, 1.165) is 12.2 Å². The van der Waals surface area contributed by atoms with Crippen LogP contribution in [0.3, 0.4) is 0 Å². The molecule has 3 fully saturated rings. The van der Waals surface area contributed by atoms with E-state index in [4.69, 9.17) is 35.3 Å². The van der Waals surface area contributed by atoms with Crippen molar-refractivity contribution >= 4 is 29.3 Å². The number of fused-ring (bicyclic) bond motifs is 1. The fourth-order valence-electron chi connectivity index (χ4n) is 5.82. The second kappa shape index (κ2) is 15.4. The third kappa shape index (κ3) is 7.72. The van der Waals surface area contributed by atoms with Crippen LogP contribution in [0, 0.1) is 0 Å². The zero-order chi connectivity index (χ0) is 34.7. The molecule has 10 atom stereocenters. The summed E-state index contributed by atoms with van der Waals surface area (Å²) in [6.07, 6.45) is -7.83. The maximum Gasteiger partial charge on any atom is 0.247 e. The second-order valence-corrected chi connectivity index (χ2v) is 12.3. The van der Waals surface area contributed by atoms with E-state index in [1.807, 2.05) is 13.0 Å². The molecule has 3 aliphatic rings. The van der Waals surface area contributed by atoms with Crippen LogP contribution in [0.15, 0.2) is 53.6 Å². The molecule has 2 saturated heterocycles. The number of benzene rings is 2. The zero-order valence-electron chi connectivity index (χ0n) is 26.5. The second-order valence-electron chi connectivity index (χ2n) is 11.9. The average molecular weight is 693 g/mol. The third-order valence-corrected chi connectivity index (χ3v) is 8.79. The van der Waals surface area contributed by atoms with Crippen molar-refractivity contribution < 1.29 is 59.1 Å². The number of amides is 1. The molecule has 2 aliphatic heterocycles. The van der Waals surface area contributed by atoms with Crippen molar-refractivity contribution in [2.24, 2.45) is 0 Å². The van der Waals surface area contributed by atoms with Crippen LogP contribution in [0.4, 0.5) is 5.69 Å². The Hall–Kier alpha value is -3.44. The molecule has 0 spiro atoms. The first-order valence-electron chi connectivity index (χ1n) is 15.5. The molecular weight excluding hydrogens is 652 g/mol. The molecule has 48 heavy (non-hydrogen) atoms. The van der Waals surface area contributed by atoms with Gasteiger partial charge in [-0.3, -0.25) is 4.79 Å². The summed E-state index contributed by atoms with van der Waals surface area (Å²) in [4.78, 5) is 12.9. The maximum atomic E-state index is 12.9. The fourth-order valence-corrected chi connectivity index (χ4v) is 6.05. The van der Waals surface area contributed by atoms with Crippen LogP contribution < -0.4 is 20.1 Å². The lowest BCUT2D eigenvalue weighted by Gasteiger charge is -2.41. The summed E-state index contributed by atoms with van der Waals surface area (Å²) in [7, 11) is 0. The van der Waals surface area contributed by atoms with Crippen LogP contribution in [-0.4, -0.2) is 118 Å². The molecule has 1 saturated carbocycles. The molecule has 0 unspecified atom stereocenters. The highest BCUT2D eigenvalue weighted by Crippen LogP contribution is 2.34. The van der Waals surface area contributed by atoms with Crippen molar-refractivity contribution in [3.63, 3.8) is 0 Å². The quantitative estimate of drug-likeness (QED) is 0.123. The molecule has 15 heteroatoms. The Bertz CT molecular complexity index is 1520. The minimum absolute atomic E-state index is 0.0393. The number of aromatic hydroxyl groups is 1. The van der Waals surface area contributed by atoms with Crippen LogP contribution in [-0.2, 0) is 19.0 Å². The summed E-state index contributed by atoms with van der Waals surface area (Å²) in [6, 6.07) is 8.41. The van der Waals surface area contributed by atoms with Crippen molar-refractivity contribution in [1.29, 1.82) is 0 Å². The summed E-state index contributed by atoms with van der Waals surface area (Å²) in [6.45, 7) is 5.91. The van der Waals surface area contributed by atoms with Crippen molar-refractivity contribution in [3.8, 4) is 17.2 Å². The number of aliphatic hydroxyl groups excluding tert-OH is 5. The Labute approximate surface area is 282 Å². The molecule has 2 aromatic rings. The normalized spacial score (nSPS) is 32.1. The molecule has 14 nitrogen and oxygen atoms in total. The predicted molar refractivity (Wildman–Crippen MR) is 172 cm³/mol. The summed E-state index contributed by atoms with van der Waals surface area (Å²) >= 11 is 6.30. The molecule has 8 N–H and O–H groups in total. The Kier molecular flexibility index (Phi) is 11.5. The first-order chi connectivity index (χ1) is 22.9. The maximum absolute atomic E-state index is 12.9. The molecule has 0 radical (unpaired) electrons. The third-order valence-electron chi connectivity index (χ3n) is 8.49. The Balaban J connectivity index is 1.17. The van der Waals surface area contributed by atoms with Gasteiger partial charge in [0.15, 0.2) is 11.5 Å². The van der Waals surface area contributed by atoms with Gasteiger partial charge >= 0.3 is 0 Å². The fraction of sp³-hybridized carbons (Fsp3) is 0.485. The lowest BCUT2D eigenvalue weighted by atomic mass is 9.83. The van der Waals surface area contributed by atoms with Gasteiger partial charge in [0.25, 0.3) is 0 Å². The monoisotopic (exact) mass is 692 g/mol. The topological polar surface area (TPSA) is 209 Å². The molecular formula is C33H41ClN2O12. The van der Waals surface area contributed by atoms with E-state index in [2.05, 4.69) is 10.6 Å². The minimum Gasteiger partial charge on any atom is -0.504 e.